The van der Waals surface area contributed by atoms with E-state index in [9.17, 15) is 0 Å². The molecule has 6 nitrogen and oxygen atoms in total. The van der Waals surface area contributed by atoms with Gasteiger partial charge in [-0.25, -0.2) is 4.98 Å². The first kappa shape index (κ1) is 33.7. The van der Waals surface area contributed by atoms with E-state index >= 15 is 0 Å². The quantitative estimate of drug-likeness (QED) is 0.178. The highest BCUT2D eigenvalue weighted by Gasteiger charge is 2.24. The molecule has 0 radical (unpaired) electrons. The normalized spacial score (nSPS) is 12.2. The maximum Gasteiger partial charge on any atom is 0.238 e. The average molecular weight is 810 g/mol. The van der Waals surface area contributed by atoms with Crippen LogP contribution in [0.25, 0.3) is 131 Å². The molecule has 0 atom stereocenters. The first-order chi connectivity index (χ1) is 30.7. The van der Waals surface area contributed by atoms with Gasteiger partial charge in [0.2, 0.25) is 5.95 Å². The molecular formula is C55H31N5OS. The fraction of sp³-hybridized carbons (Fsp3) is 0. The van der Waals surface area contributed by atoms with Crippen LogP contribution in [0.1, 0.15) is 0 Å². The Bertz CT molecular complexity index is 4130. The first-order valence-electron chi connectivity index (χ1n) is 20.8. The van der Waals surface area contributed by atoms with Gasteiger partial charge >= 0.3 is 0 Å². The first-order valence-corrected chi connectivity index (χ1v) is 21.6. The Morgan fingerprint density at radius 2 is 0.968 bits per heavy atom. The number of hydrogen-bond donors (Lipinski definition) is 0. The number of aromatic nitrogens is 5. The van der Waals surface area contributed by atoms with Crippen molar-refractivity contribution in [1.82, 2.24) is 24.1 Å². The molecule has 0 aliphatic carbocycles. The second-order valence-corrected chi connectivity index (χ2v) is 17.1. The van der Waals surface area contributed by atoms with Crippen LogP contribution in [-0.4, -0.2) is 24.1 Å². The maximum atomic E-state index is 6.64. The standard InChI is InChI=1S/C55H31N5OS/c1-2-14-33-28-47-41(27-32(33)13-1)37-17-5-8-20-44(37)59(47)48-31-50-42(38-18-6-11-23-49(38)61-50)30-43(48)54-56-53(34-25-26-40-39-19-7-12-24-51(39)62-52(40)29-34)57-55(58-54)60-45-21-9-3-15-35(45)36-16-4-10-22-46(36)60/h1-31H. The molecule has 0 spiro atoms. The Balaban J connectivity index is 1.12. The number of benzene rings is 9. The Kier molecular flexibility index (Phi) is 6.89. The third-order valence-electron chi connectivity index (χ3n) is 12.6. The highest BCUT2D eigenvalue weighted by molar-refractivity contribution is 7.25. The van der Waals surface area contributed by atoms with Crippen molar-refractivity contribution in [3.05, 3.63) is 188 Å². The molecule has 0 saturated carbocycles. The van der Waals surface area contributed by atoms with E-state index in [-0.39, 0.29) is 0 Å². The molecule has 0 N–H and O–H groups in total. The summed E-state index contributed by atoms with van der Waals surface area (Å²) >= 11 is 1.79. The number of fused-ring (bicyclic) bond motifs is 13. The summed E-state index contributed by atoms with van der Waals surface area (Å²) in [5.74, 6) is 1.72. The van der Waals surface area contributed by atoms with Gasteiger partial charge in [-0.15, -0.1) is 11.3 Å². The molecule has 0 aliphatic heterocycles. The smallest absolute Gasteiger partial charge is 0.238 e. The summed E-state index contributed by atoms with van der Waals surface area (Å²) in [4.78, 5) is 16.4. The summed E-state index contributed by atoms with van der Waals surface area (Å²) in [5.41, 5.74) is 8.58. The predicted molar refractivity (Wildman–Crippen MR) is 257 cm³/mol. The number of hydrogen-bond acceptors (Lipinski definition) is 5. The zero-order chi connectivity index (χ0) is 40.5. The third-order valence-corrected chi connectivity index (χ3v) is 13.7. The van der Waals surface area contributed by atoms with Crippen LogP contribution in [0, 0.1) is 0 Å². The molecule has 0 aliphatic rings. The van der Waals surface area contributed by atoms with Crippen molar-refractivity contribution in [2.24, 2.45) is 0 Å². The molecule has 0 saturated heterocycles. The number of rotatable bonds is 4. The van der Waals surface area contributed by atoms with Crippen LogP contribution in [0.5, 0.6) is 0 Å². The molecule has 0 amide bonds. The Morgan fingerprint density at radius 3 is 1.74 bits per heavy atom. The van der Waals surface area contributed by atoms with Gasteiger partial charge in [-0.1, -0.05) is 127 Å². The van der Waals surface area contributed by atoms with E-state index in [2.05, 4.69) is 185 Å². The van der Waals surface area contributed by atoms with Gasteiger partial charge in [-0.2, -0.15) is 9.97 Å². The van der Waals surface area contributed by atoms with Gasteiger partial charge in [-0.05, 0) is 65.4 Å². The average Bonchev–Trinajstić information content (AvgIpc) is 4.07. The Labute approximate surface area is 357 Å². The van der Waals surface area contributed by atoms with Crippen LogP contribution < -0.4 is 0 Å². The molecule has 62 heavy (non-hydrogen) atoms. The molecule has 14 rings (SSSR count). The van der Waals surface area contributed by atoms with E-state index in [0.29, 0.717) is 17.6 Å². The van der Waals surface area contributed by atoms with Gasteiger partial charge in [-0.3, -0.25) is 4.57 Å². The van der Waals surface area contributed by atoms with Crippen LogP contribution in [-0.2, 0) is 0 Å². The summed E-state index contributed by atoms with van der Waals surface area (Å²) < 4.78 is 13.6. The van der Waals surface area contributed by atoms with Crippen molar-refractivity contribution >= 4 is 108 Å². The lowest BCUT2D eigenvalue weighted by Gasteiger charge is -2.16. The van der Waals surface area contributed by atoms with Crippen LogP contribution in [0.15, 0.2) is 192 Å². The van der Waals surface area contributed by atoms with E-state index in [1.165, 1.54) is 41.7 Å². The molecule has 5 heterocycles. The Hall–Kier alpha value is -8.13. The van der Waals surface area contributed by atoms with Crippen molar-refractivity contribution in [2.75, 3.05) is 0 Å². The van der Waals surface area contributed by atoms with E-state index in [1.54, 1.807) is 11.3 Å². The van der Waals surface area contributed by atoms with Crippen LogP contribution in [0.3, 0.4) is 0 Å². The maximum absolute atomic E-state index is 6.64. The highest BCUT2D eigenvalue weighted by Crippen LogP contribution is 2.43. The summed E-state index contributed by atoms with van der Waals surface area (Å²) in [5, 5.41) is 11.5. The molecule has 7 heteroatoms. The summed E-state index contributed by atoms with van der Waals surface area (Å²) in [7, 11) is 0. The molecule has 0 bridgehead atoms. The topological polar surface area (TPSA) is 61.7 Å². The number of furan rings is 1. The second-order valence-electron chi connectivity index (χ2n) is 16.0. The SMILES string of the molecule is c1ccc2cc3c(cc2c1)c1ccccc1n3-c1cc2oc3ccccc3c2cc1-c1nc(-c2ccc3c(c2)sc2ccccc23)nc(-n2c3ccccc3c3ccccc32)n1. The van der Waals surface area contributed by atoms with Gasteiger partial charge < -0.3 is 8.98 Å². The van der Waals surface area contributed by atoms with Crippen molar-refractivity contribution in [1.29, 1.82) is 0 Å². The molecule has 14 aromatic rings. The molecule has 0 fully saturated rings. The lowest BCUT2D eigenvalue weighted by molar-refractivity contribution is 0.668. The second kappa shape index (κ2) is 12.7. The van der Waals surface area contributed by atoms with Gasteiger partial charge in [0.1, 0.15) is 11.2 Å². The highest BCUT2D eigenvalue weighted by atomic mass is 32.1. The van der Waals surface area contributed by atoms with Gasteiger partial charge in [0.05, 0.1) is 27.8 Å². The minimum atomic E-state index is 0.551. The fourth-order valence-electron chi connectivity index (χ4n) is 9.76. The van der Waals surface area contributed by atoms with Gasteiger partial charge in [0.15, 0.2) is 11.6 Å². The fourth-order valence-corrected chi connectivity index (χ4v) is 10.9. The van der Waals surface area contributed by atoms with E-state index in [1.807, 2.05) is 12.1 Å². The number of nitrogens with zero attached hydrogens (tertiary/aromatic N) is 5. The number of thiophene rings is 1. The zero-order valence-corrected chi connectivity index (χ0v) is 33.8. The van der Waals surface area contributed by atoms with Crippen molar-refractivity contribution in [2.45, 2.75) is 0 Å². The molecular weight excluding hydrogens is 779 g/mol. The lowest BCUT2D eigenvalue weighted by Crippen LogP contribution is -2.08. The third kappa shape index (κ3) is 4.82. The molecule has 9 aromatic carbocycles. The molecule has 5 aromatic heterocycles. The van der Waals surface area contributed by atoms with Gasteiger partial charge in [0.25, 0.3) is 0 Å². The Morgan fingerprint density at radius 1 is 0.371 bits per heavy atom. The van der Waals surface area contributed by atoms with Crippen LogP contribution in [0.4, 0.5) is 0 Å². The predicted octanol–water partition coefficient (Wildman–Crippen LogP) is 14.8. The summed E-state index contributed by atoms with van der Waals surface area (Å²) in [6.07, 6.45) is 0. The number of para-hydroxylation sites is 4. The molecule has 288 valence electrons. The lowest BCUT2D eigenvalue weighted by atomic mass is 10.0. The van der Waals surface area contributed by atoms with Crippen LogP contribution in [0.2, 0.25) is 0 Å². The van der Waals surface area contributed by atoms with E-state index in [4.69, 9.17) is 19.4 Å². The van der Waals surface area contributed by atoms with Crippen LogP contribution >= 0.6 is 11.3 Å². The van der Waals surface area contributed by atoms with Crippen molar-refractivity contribution in [3.8, 4) is 34.4 Å². The van der Waals surface area contributed by atoms with E-state index in [0.717, 1.165) is 71.6 Å². The van der Waals surface area contributed by atoms with E-state index < -0.39 is 0 Å². The largest absolute Gasteiger partial charge is 0.456 e. The minimum absolute atomic E-state index is 0.551. The monoisotopic (exact) mass is 809 g/mol. The summed E-state index contributed by atoms with van der Waals surface area (Å²) in [6, 6.07) is 66.7. The van der Waals surface area contributed by atoms with Crippen molar-refractivity contribution in [3.63, 3.8) is 0 Å². The van der Waals surface area contributed by atoms with Crippen molar-refractivity contribution < 1.29 is 4.42 Å². The zero-order valence-electron chi connectivity index (χ0n) is 33.0. The minimum Gasteiger partial charge on any atom is -0.456 e. The van der Waals surface area contributed by atoms with Gasteiger partial charge in [0, 0.05) is 69.7 Å². The molecule has 0 unspecified atom stereocenters. The summed E-state index contributed by atoms with van der Waals surface area (Å²) in [6.45, 7) is 0.